The Morgan fingerprint density at radius 2 is 2.14 bits per heavy atom. The average Bonchev–Trinajstić information content (AvgIpc) is 2.15. The van der Waals surface area contributed by atoms with Gasteiger partial charge in [-0.2, -0.15) is 5.26 Å². The second kappa shape index (κ2) is 4.45. The first kappa shape index (κ1) is 11.0. The summed E-state index contributed by atoms with van der Waals surface area (Å²) in [6.45, 7) is 1.53. The predicted octanol–water partition coefficient (Wildman–Crippen LogP) is 3.34. The van der Waals surface area contributed by atoms with Crippen molar-refractivity contribution in [3.8, 4) is 6.07 Å². The summed E-state index contributed by atoms with van der Waals surface area (Å²) in [4.78, 5) is 11.6. The molecule has 0 spiro atoms. The van der Waals surface area contributed by atoms with Gasteiger partial charge < -0.3 is 0 Å². The number of benzene rings is 1. The second-order valence-corrected chi connectivity index (χ2v) is 3.68. The number of Topliss-reactive ketones (excluding diaryl/α,β-unsaturated/α-hetero) is 1. The minimum atomic E-state index is -0.686. The fraction of sp³-hybridized carbons (Fsp3) is 0.200. The van der Waals surface area contributed by atoms with Crippen LogP contribution >= 0.6 is 23.2 Å². The van der Waals surface area contributed by atoms with Gasteiger partial charge in [-0.25, -0.2) is 0 Å². The van der Waals surface area contributed by atoms with E-state index in [9.17, 15) is 4.79 Å². The molecule has 0 saturated carbocycles. The number of hydrogen-bond acceptors (Lipinski definition) is 2. The highest BCUT2D eigenvalue weighted by atomic mass is 35.5. The van der Waals surface area contributed by atoms with E-state index in [0.29, 0.717) is 10.6 Å². The van der Waals surface area contributed by atoms with E-state index in [1.807, 2.05) is 6.07 Å². The van der Waals surface area contributed by atoms with E-state index in [1.54, 1.807) is 6.07 Å². The van der Waals surface area contributed by atoms with Gasteiger partial charge in [0.25, 0.3) is 0 Å². The molecule has 72 valence electrons. The van der Waals surface area contributed by atoms with E-state index in [2.05, 4.69) is 0 Å². The number of carbonyl (C=O) groups excluding carboxylic acids is 1. The Hall–Kier alpha value is -1.04. The molecule has 0 aromatic heterocycles. The van der Waals surface area contributed by atoms with Gasteiger partial charge in [0.2, 0.25) is 0 Å². The standard InChI is InChI=1S/C10H7Cl2NO/c1-6(5-13)10(14)8-3-2-7(11)4-9(8)12/h2-4,6H,1H3. The Balaban J connectivity index is 3.09. The van der Waals surface area contributed by atoms with Crippen molar-refractivity contribution in [2.75, 3.05) is 0 Å². The van der Waals surface area contributed by atoms with Crippen LogP contribution in [0.4, 0.5) is 0 Å². The molecule has 14 heavy (non-hydrogen) atoms. The molecule has 1 atom stereocenters. The summed E-state index contributed by atoms with van der Waals surface area (Å²) >= 11 is 11.5. The minimum Gasteiger partial charge on any atom is -0.293 e. The van der Waals surface area contributed by atoms with Crippen LogP contribution in [0.5, 0.6) is 0 Å². The number of nitrogens with zero attached hydrogens (tertiary/aromatic N) is 1. The minimum absolute atomic E-state index is 0.282. The predicted molar refractivity (Wildman–Crippen MR) is 55.6 cm³/mol. The van der Waals surface area contributed by atoms with Crippen LogP contribution in [-0.4, -0.2) is 5.78 Å². The van der Waals surface area contributed by atoms with Gasteiger partial charge in [0, 0.05) is 10.6 Å². The Bertz CT molecular complexity index is 409. The lowest BCUT2D eigenvalue weighted by molar-refractivity contribution is 0.0956. The van der Waals surface area contributed by atoms with Crippen LogP contribution in [0.2, 0.25) is 10.0 Å². The lowest BCUT2D eigenvalue weighted by atomic mass is 10.0. The highest BCUT2D eigenvalue weighted by molar-refractivity contribution is 6.36. The van der Waals surface area contributed by atoms with Crippen molar-refractivity contribution in [2.24, 2.45) is 5.92 Å². The average molecular weight is 228 g/mol. The zero-order valence-electron chi connectivity index (χ0n) is 7.42. The molecule has 2 nitrogen and oxygen atoms in total. The number of carbonyl (C=O) groups is 1. The third-order valence-electron chi connectivity index (χ3n) is 1.78. The molecule has 1 rings (SSSR count). The molecule has 0 aliphatic heterocycles. The number of nitriles is 1. The fourth-order valence-corrected chi connectivity index (χ4v) is 1.48. The number of rotatable bonds is 2. The van der Waals surface area contributed by atoms with Crippen LogP contribution < -0.4 is 0 Å². The van der Waals surface area contributed by atoms with Crippen LogP contribution in [0.1, 0.15) is 17.3 Å². The van der Waals surface area contributed by atoms with Crippen LogP contribution in [0.25, 0.3) is 0 Å². The van der Waals surface area contributed by atoms with Gasteiger partial charge >= 0.3 is 0 Å². The summed E-state index contributed by atoms with van der Waals surface area (Å²) in [7, 11) is 0. The quantitative estimate of drug-likeness (QED) is 0.728. The summed E-state index contributed by atoms with van der Waals surface area (Å²) in [6, 6.07) is 6.45. The van der Waals surface area contributed by atoms with Gasteiger partial charge in [0.1, 0.15) is 5.92 Å². The first-order chi connectivity index (χ1) is 6.56. The molecule has 0 bridgehead atoms. The summed E-state index contributed by atoms with van der Waals surface area (Å²) in [6.07, 6.45) is 0. The van der Waals surface area contributed by atoms with E-state index in [0.717, 1.165) is 0 Å². The zero-order chi connectivity index (χ0) is 10.7. The maximum Gasteiger partial charge on any atom is 0.181 e. The van der Waals surface area contributed by atoms with Crippen molar-refractivity contribution < 1.29 is 4.79 Å². The second-order valence-electron chi connectivity index (χ2n) is 2.84. The maximum absolute atomic E-state index is 11.6. The van der Waals surface area contributed by atoms with E-state index in [-0.39, 0.29) is 10.8 Å². The molecule has 0 saturated heterocycles. The van der Waals surface area contributed by atoms with E-state index < -0.39 is 5.92 Å². The summed E-state index contributed by atoms with van der Waals surface area (Å²) in [5.41, 5.74) is 0.338. The molecular weight excluding hydrogens is 221 g/mol. The van der Waals surface area contributed by atoms with E-state index in [1.165, 1.54) is 19.1 Å². The Kier molecular flexibility index (Phi) is 3.51. The maximum atomic E-state index is 11.6. The molecule has 0 aliphatic rings. The number of hydrogen-bond donors (Lipinski definition) is 0. The third kappa shape index (κ3) is 2.25. The Morgan fingerprint density at radius 1 is 1.50 bits per heavy atom. The summed E-state index contributed by atoms with van der Waals surface area (Å²) in [5, 5.41) is 9.32. The molecule has 0 radical (unpaired) electrons. The molecule has 0 amide bonds. The summed E-state index contributed by atoms with van der Waals surface area (Å²) < 4.78 is 0. The highest BCUT2D eigenvalue weighted by Crippen LogP contribution is 2.23. The van der Waals surface area contributed by atoms with E-state index >= 15 is 0 Å². The smallest absolute Gasteiger partial charge is 0.181 e. The van der Waals surface area contributed by atoms with Crippen molar-refractivity contribution in [3.05, 3.63) is 33.8 Å². The van der Waals surface area contributed by atoms with Gasteiger partial charge in [0.15, 0.2) is 5.78 Å². The lowest BCUT2D eigenvalue weighted by Gasteiger charge is -2.04. The van der Waals surface area contributed by atoms with Crippen LogP contribution in [0.15, 0.2) is 18.2 Å². The van der Waals surface area contributed by atoms with Crippen molar-refractivity contribution in [2.45, 2.75) is 6.92 Å². The van der Waals surface area contributed by atoms with Crippen LogP contribution in [0, 0.1) is 17.2 Å². The third-order valence-corrected chi connectivity index (χ3v) is 2.33. The van der Waals surface area contributed by atoms with Crippen molar-refractivity contribution in [1.29, 1.82) is 5.26 Å². The van der Waals surface area contributed by atoms with Crippen molar-refractivity contribution in [1.82, 2.24) is 0 Å². The number of halogens is 2. The Labute approximate surface area is 92.1 Å². The van der Waals surface area contributed by atoms with Gasteiger partial charge in [0.05, 0.1) is 11.1 Å². The van der Waals surface area contributed by atoms with Crippen LogP contribution in [-0.2, 0) is 0 Å². The van der Waals surface area contributed by atoms with Gasteiger partial charge in [-0.05, 0) is 25.1 Å². The Morgan fingerprint density at radius 3 is 2.64 bits per heavy atom. The molecule has 0 N–H and O–H groups in total. The molecule has 0 heterocycles. The first-order valence-corrected chi connectivity index (χ1v) is 4.70. The molecule has 1 aromatic rings. The van der Waals surface area contributed by atoms with E-state index in [4.69, 9.17) is 28.5 Å². The molecule has 0 aliphatic carbocycles. The van der Waals surface area contributed by atoms with Crippen LogP contribution in [0.3, 0.4) is 0 Å². The molecule has 1 unspecified atom stereocenters. The lowest BCUT2D eigenvalue weighted by Crippen LogP contribution is -2.09. The number of ketones is 1. The molecular formula is C10H7Cl2NO. The zero-order valence-corrected chi connectivity index (χ0v) is 8.93. The highest BCUT2D eigenvalue weighted by Gasteiger charge is 2.17. The normalized spacial score (nSPS) is 11.9. The first-order valence-electron chi connectivity index (χ1n) is 3.95. The fourth-order valence-electron chi connectivity index (χ4n) is 0.981. The molecule has 0 fully saturated rings. The molecule has 1 aromatic carbocycles. The largest absolute Gasteiger partial charge is 0.293 e. The topological polar surface area (TPSA) is 40.9 Å². The van der Waals surface area contributed by atoms with Crippen molar-refractivity contribution in [3.63, 3.8) is 0 Å². The molecule has 4 heteroatoms. The monoisotopic (exact) mass is 227 g/mol. The SMILES string of the molecule is CC(C#N)C(=O)c1ccc(Cl)cc1Cl. The van der Waals surface area contributed by atoms with Gasteiger partial charge in [-0.1, -0.05) is 23.2 Å². The van der Waals surface area contributed by atoms with Gasteiger partial charge in [-0.3, -0.25) is 4.79 Å². The van der Waals surface area contributed by atoms with Crippen molar-refractivity contribution >= 4 is 29.0 Å². The summed E-state index contributed by atoms with van der Waals surface area (Å²) in [5.74, 6) is -0.970. The van der Waals surface area contributed by atoms with Gasteiger partial charge in [-0.15, -0.1) is 0 Å².